The van der Waals surface area contributed by atoms with E-state index in [1.165, 1.54) is 0 Å². The fourth-order valence-corrected chi connectivity index (χ4v) is 0.584. The van der Waals surface area contributed by atoms with Crippen LogP contribution in [0.5, 0.6) is 0 Å². The molecule has 11 heavy (non-hydrogen) atoms. The summed E-state index contributed by atoms with van der Waals surface area (Å²) in [6.07, 6.45) is 0. The topological polar surface area (TPSA) is 139 Å². The standard InChI is InChI=1S/C2H4N2O6S/c3-9-1(5)11(7,8)2(6)10-4/h3-4H2. The lowest BCUT2D eigenvalue weighted by atomic mass is 11.6. The Morgan fingerprint density at radius 2 is 1.27 bits per heavy atom. The Morgan fingerprint density at radius 3 is 1.45 bits per heavy atom. The first-order valence-electron chi connectivity index (χ1n) is 2.03. The number of hydrogen-bond acceptors (Lipinski definition) is 8. The van der Waals surface area contributed by atoms with E-state index in [9.17, 15) is 18.0 Å². The molecule has 0 fully saturated rings. The average molecular weight is 184 g/mol. The molecule has 0 radical (unpaired) electrons. The van der Waals surface area contributed by atoms with E-state index in [0.717, 1.165) is 0 Å². The second-order valence-electron chi connectivity index (χ2n) is 1.24. The van der Waals surface area contributed by atoms with Crippen molar-refractivity contribution in [3.05, 3.63) is 0 Å². The maximum Gasteiger partial charge on any atom is 0.454 e. The summed E-state index contributed by atoms with van der Waals surface area (Å²) in [5.74, 6) is 8.35. The number of sulfone groups is 1. The van der Waals surface area contributed by atoms with Gasteiger partial charge in [0.15, 0.2) is 0 Å². The first-order valence-corrected chi connectivity index (χ1v) is 3.51. The van der Waals surface area contributed by atoms with Gasteiger partial charge in [0.25, 0.3) is 0 Å². The number of nitrogens with two attached hydrogens (primary N) is 2. The SMILES string of the molecule is NOC(=O)S(=O)(=O)C(=O)ON. The van der Waals surface area contributed by atoms with E-state index in [1.807, 2.05) is 0 Å². The van der Waals surface area contributed by atoms with Crippen LogP contribution in [0.4, 0.5) is 9.59 Å². The molecule has 9 heteroatoms. The molecular weight excluding hydrogens is 180 g/mol. The predicted octanol–water partition coefficient (Wildman–Crippen LogP) is -1.58. The van der Waals surface area contributed by atoms with Crippen molar-refractivity contribution in [3.63, 3.8) is 0 Å². The van der Waals surface area contributed by atoms with Gasteiger partial charge >= 0.3 is 20.4 Å². The Morgan fingerprint density at radius 1 is 1.00 bits per heavy atom. The van der Waals surface area contributed by atoms with Crippen molar-refractivity contribution < 1.29 is 27.7 Å². The van der Waals surface area contributed by atoms with Crippen LogP contribution in [0.2, 0.25) is 0 Å². The summed E-state index contributed by atoms with van der Waals surface area (Å²) in [6.45, 7) is 0. The molecule has 0 heterocycles. The number of hydrogen-bond donors (Lipinski definition) is 2. The zero-order chi connectivity index (χ0) is 9.07. The Bertz CT molecular complexity index is 244. The van der Waals surface area contributed by atoms with Crippen molar-refractivity contribution in [1.82, 2.24) is 0 Å². The van der Waals surface area contributed by atoms with Gasteiger partial charge in [0, 0.05) is 0 Å². The fraction of sp³-hybridized carbons (Fsp3) is 0. The molecule has 0 aromatic carbocycles. The van der Waals surface area contributed by atoms with E-state index in [4.69, 9.17) is 0 Å². The van der Waals surface area contributed by atoms with Crippen molar-refractivity contribution in [1.29, 1.82) is 0 Å². The summed E-state index contributed by atoms with van der Waals surface area (Å²) in [4.78, 5) is 26.8. The molecule has 0 saturated heterocycles. The van der Waals surface area contributed by atoms with Crippen LogP contribution in [0.15, 0.2) is 0 Å². The minimum absolute atomic E-state index is 1.92. The third-order valence-electron chi connectivity index (χ3n) is 0.631. The van der Waals surface area contributed by atoms with Gasteiger partial charge in [0.2, 0.25) is 0 Å². The summed E-state index contributed by atoms with van der Waals surface area (Å²) in [5.41, 5.74) is 0. The predicted molar refractivity (Wildman–Crippen MR) is 30.3 cm³/mol. The summed E-state index contributed by atoms with van der Waals surface area (Å²) >= 11 is 0. The number of carbonyl (C=O) groups is 2. The number of carbonyl (C=O) groups excluding carboxylic acids is 2. The third kappa shape index (κ3) is 1.86. The van der Waals surface area contributed by atoms with Crippen molar-refractivity contribution in [2.45, 2.75) is 0 Å². The van der Waals surface area contributed by atoms with Crippen molar-refractivity contribution >= 4 is 20.4 Å². The van der Waals surface area contributed by atoms with Gasteiger partial charge < -0.3 is 9.68 Å². The van der Waals surface area contributed by atoms with Crippen LogP contribution in [0, 0.1) is 0 Å². The van der Waals surface area contributed by atoms with Crippen molar-refractivity contribution in [3.8, 4) is 0 Å². The van der Waals surface area contributed by atoms with Gasteiger partial charge in [-0.3, -0.25) is 0 Å². The van der Waals surface area contributed by atoms with Crippen LogP contribution in [-0.2, 0) is 19.5 Å². The maximum atomic E-state index is 10.4. The smallest absolute Gasteiger partial charge is 0.361 e. The van der Waals surface area contributed by atoms with Crippen LogP contribution < -0.4 is 11.8 Å². The summed E-state index contributed by atoms with van der Waals surface area (Å²) in [6, 6.07) is 0. The first kappa shape index (κ1) is 9.81. The average Bonchev–Trinajstić information content (AvgIpc) is 2.01. The molecule has 4 N–H and O–H groups in total. The molecule has 0 spiro atoms. The van der Waals surface area contributed by atoms with E-state index >= 15 is 0 Å². The largest absolute Gasteiger partial charge is 0.454 e. The molecule has 0 aromatic heterocycles. The van der Waals surface area contributed by atoms with Gasteiger partial charge in [-0.2, -0.15) is 11.8 Å². The molecule has 0 amide bonds. The molecule has 0 atom stereocenters. The highest BCUT2D eigenvalue weighted by atomic mass is 32.2. The molecule has 0 rings (SSSR count). The van der Waals surface area contributed by atoms with Gasteiger partial charge in [-0.05, 0) is 0 Å². The molecule has 8 nitrogen and oxygen atoms in total. The fourth-order valence-electron chi connectivity index (χ4n) is 0.195. The quantitative estimate of drug-likeness (QED) is 0.430. The first-order chi connectivity index (χ1) is 4.96. The Balaban J connectivity index is 4.76. The highest BCUT2D eigenvalue weighted by molar-refractivity contribution is 8.18. The van der Waals surface area contributed by atoms with E-state index in [1.54, 1.807) is 0 Å². The molecule has 0 aliphatic rings. The maximum absolute atomic E-state index is 10.4. The van der Waals surface area contributed by atoms with Crippen LogP contribution in [0.25, 0.3) is 0 Å². The zero-order valence-electron chi connectivity index (χ0n) is 5.01. The summed E-state index contributed by atoms with van der Waals surface area (Å²) in [7, 11) is -4.81. The normalized spacial score (nSPS) is 10.4. The van der Waals surface area contributed by atoms with Crippen molar-refractivity contribution in [2.75, 3.05) is 0 Å². The van der Waals surface area contributed by atoms with E-state index in [0.29, 0.717) is 0 Å². The summed E-state index contributed by atoms with van der Waals surface area (Å²) in [5, 5.41) is -3.85. The lowest BCUT2D eigenvalue weighted by Crippen LogP contribution is -2.29. The van der Waals surface area contributed by atoms with Gasteiger partial charge in [-0.1, -0.05) is 0 Å². The van der Waals surface area contributed by atoms with Crippen LogP contribution in [0.3, 0.4) is 0 Å². The van der Waals surface area contributed by atoms with E-state index in [-0.39, 0.29) is 0 Å². The lowest BCUT2D eigenvalue weighted by molar-refractivity contribution is 0.166. The lowest BCUT2D eigenvalue weighted by Gasteiger charge is -1.95. The molecule has 0 aliphatic carbocycles. The molecule has 0 unspecified atom stereocenters. The minimum atomic E-state index is -4.81. The van der Waals surface area contributed by atoms with E-state index in [2.05, 4.69) is 21.5 Å². The Kier molecular flexibility index (Phi) is 2.92. The highest BCUT2D eigenvalue weighted by Crippen LogP contribution is 1.97. The second-order valence-corrected chi connectivity index (χ2v) is 2.91. The Hall–Kier alpha value is -1.19. The van der Waals surface area contributed by atoms with Crippen LogP contribution >= 0.6 is 0 Å². The number of rotatable bonds is 0. The van der Waals surface area contributed by atoms with Gasteiger partial charge in [0.1, 0.15) is 0 Å². The van der Waals surface area contributed by atoms with Crippen LogP contribution in [0.1, 0.15) is 0 Å². The van der Waals surface area contributed by atoms with Crippen molar-refractivity contribution in [2.24, 2.45) is 11.8 Å². The van der Waals surface area contributed by atoms with Crippen LogP contribution in [-0.4, -0.2) is 19.0 Å². The minimum Gasteiger partial charge on any atom is -0.361 e. The molecular formula is C2H4N2O6S. The Labute approximate surface area is 60.9 Å². The van der Waals surface area contributed by atoms with Gasteiger partial charge in [-0.15, -0.1) is 0 Å². The third-order valence-corrected chi connectivity index (χ3v) is 1.70. The second kappa shape index (κ2) is 3.27. The van der Waals surface area contributed by atoms with E-state index < -0.39 is 20.4 Å². The monoisotopic (exact) mass is 184 g/mol. The molecule has 0 aromatic rings. The van der Waals surface area contributed by atoms with Gasteiger partial charge in [-0.25, -0.2) is 18.0 Å². The molecule has 0 aliphatic heterocycles. The molecule has 0 saturated carbocycles. The molecule has 64 valence electrons. The summed E-state index contributed by atoms with van der Waals surface area (Å²) < 4.78 is 20.8. The van der Waals surface area contributed by atoms with Gasteiger partial charge in [0.05, 0.1) is 0 Å². The zero-order valence-corrected chi connectivity index (χ0v) is 5.83. The highest BCUT2D eigenvalue weighted by Gasteiger charge is 2.34. The molecule has 0 bridgehead atoms.